The van der Waals surface area contributed by atoms with Gasteiger partial charge in [-0.1, -0.05) is 0 Å². The highest BCUT2D eigenvalue weighted by atomic mass is 32.2. The Morgan fingerprint density at radius 3 is 3.00 bits per heavy atom. The van der Waals surface area contributed by atoms with E-state index in [1.807, 2.05) is 24.8 Å². The average molecular weight is 241 g/mol. The molecule has 0 bridgehead atoms. The number of hydrogen-bond acceptors (Lipinski definition) is 5. The van der Waals surface area contributed by atoms with Gasteiger partial charge in [-0.05, 0) is 32.3 Å². The molecular formula is C11H19N3OS. The molecule has 0 radical (unpaired) electrons. The van der Waals surface area contributed by atoms with E-state index in [1.54, 1.807) is 0 Å². The molecule has 1 unspecified atom stereocenters. The number of anilines is 1. The molecule has 1 atom stereocenters. The maximum atomic E-state index is 5.31. The molecule has 0 saturated heterocycles. The number of ether oxygens (including phenoxy) is 1. The number of thioether (sulfide) groups is 1. The molecule has 16 heavy (non-hydrogen) atoms. The fourth-order valence-electron chi connectivity index (χ4n) is 1.26. The van der Waals surface area contributed by atoms with Gasteiger partial charge >= 0.3 is 0 Å². The lowest BCUT2D eigenvalue weighted by Gasteiger charge is -2.13. The summed E-state index contributed by atoms with van der Waals surface area (Å²) in [6.07, 6.45) is 4.76. The van der Waals surface area contributed by atoms with Crippen molar-refractivity contribution in [2.45, 2.75) is 26.3 Å². The molecule has 90 valence electrons. The summed E-state index contributed by atoms with van der Waals surface area (Å²) in [7, 11) is 0. The zero-order valence-electron chi connectivity index (χ0n) is 10.1. The number of hydrogen-bond donors (Lipinski definition) is 1. The Morgan fingerprint density at radius 1 is 1.50 bits per heavy atom. The summed E-state index contributed by atoms with van der Waals surface area (Å²) in [5, 5.41) is 3.33. The van der Waals surface area contributed by atoms with Gasteiger partial charge in [0.25, 0.3) is 0 Å². The van der Waals surface area contributed by atoms with Gasteiger partial charge in [-0.3, -0.25) is 0 Å². The maximum Gasteiger partial charge on any atom is 0.218 e. The van der Waals surface area contributed by atoms with Crippen LogP contribution in [0.4, 0.5) is 5.82 Å². The van der Waals surface area contributed by atoms with Crippen LogP contribution in [0.2, 0.25) is 0 Å². The first-order valence-corrected chi connectivity index (χ1v) is 6.86. The van der Waals surface area contributed by atoms with Crippen LogP contribution in [0.15, 0.2) is 12.4 Å². The predicted octanol–water partition coefficient (Wildman–Crippen LogP) is 2.43. The zero-order valence-corrected chi connectivity index (χ0v) is 10.9. The Balaban J connectivity index is 2.49. The first-order chi connectivity index (χ1) is 7.76. The van der Waals surface area contributed by atoms with Gasteiger partial charge in [-0.2, -0.15) is 11.8 Å². The molecule has 0 saturated carbocycles. The second-order valence-electron chi connectivity index (χ2n) is 3.50. The molecule has 1 N–H and O–H groups in total. The summed E-state index contributed by atoms with van der Waals surface area (Å²) >= 11 is 1.85. The van der Waals surface area contributed by atoms with Crippen LogP contribution >= 0.6 is 11.8 Å². The molecule has 0 aliphatic heterocycles. The highest BCUT2D eigenvalue weighted by Gasteiger charge is 2.04. The van der Waals surface area contributed by atoms with E-state index < -0.39 is 0 Å². The van der Waals surface area contributed by atoms with E-state index in [1.165, 1.54) is 6.33 Å². The molecule has 0 aromatic carbocycles. The molecule has 4 nitrogen and oxygen atoms in total. The molecule has 0 aliphatic carbocycles. The van der Waals surface area contributed by atoms with Crippen molar-refractivity contribution in [3.05, 3.63) is 12.4 Å². The standard InChI is InChI=1S/C11H19N3OS/c1-4-15-11-7-10(12-8-13-11)14-9(2)5-6-16-3/h7-9H,4-6H2,1-3H3,(H,12,13,14). The SMILES string of the molecule is CCOc1cc(NC(C)CCSC)ncn1. The summed E-state index contributed by atoms with van der Waals surface area (Å²) in [6.45, 7) is 4.72. The highest BCUT2D eigenvalue weighted by molar-refractivity contribution is 7.98. The van der Waals surface area contributed by atoms with Crippen molar-refractivity contribution in [3.8, 4) is 5.88 Å². The van der Waals surface area contributed by atoms with Crippen molar-refractivity contribution in [3.63, 3.8) is 0 Å². The molecular weight excluding hydrogens is 222 g/mol. The fourth-order valence-corrected chi connectivity index (χ4v) is 1.85. The van der Waals surface area contributed by atoms with Crippen LogP contribution in [0.25, 0.3) is 0 Å². The predicted molar refractivity (Wildman–Crippen MR) is 69.3 cm³/mol. The minimum Gasteiger partial charge on any atom is -0.478 e. The lowest BCUT2D eigenvalue weighted by molar-refractivity contribution is 0.326. The number of nitrogens with zero attached hydrogens (tertiary/aromatic N) is 2. The maximum absolute atomic E-state index is 5.31. The minimum atomic E-state index is 0.414. The smallest absolute Gasteiger partial charge is 0.218 e. The number of nitrogens with one attached hydrogen (secondary N) is 1. The lowest BCUT2D eigenvalue weighted by atomic mass is 10.2. The molecule has 5 heteroatoms. The summed E-state index contributed by atoms with van der Waals surface area (Å²) in [5.41, 5.74) is 0. The molecule has 0 amide bonds. The van der Waals surface area contributed by atoms with E-state index in [2.05, 4.69) is 28.5 Å². The van der Waals surface area contributed by atoms with Gasteiger partial charge in [-0.25, -0.2) is 9.97 Å². The molecule has 0 aliphatic rings. The van der Waals surface area contributed by atoms with Gasteiger partial charge < -0.3 is 10.1 Å². The van der Waals surface area contributed by atoms with Crippen molar-refractivity contribution in [2.75, 3.05) is 23.9 Å². The van der Waals surface area contributed by atoms with E-state index in [0.29, 0.717) is 18.5 Å². The Bertz CT molecular complexity index is 309. The Kier molecular flexibility index (Phi) is 6.00. The third-order valence-electron chi connectivity index (χ3n) is 2.08. The molecule has 1 heterocycles. The molecule has 0 fully saturated rings. The normalized spacial score (nSPS) is 12.2. The second kappa shape index (κ2) is 7.33. The van der Waals surface area contributed by atoms with Crippen molar-refractivity contribution < 1.29 is 4.74 Å². The molecule has 1 aromatic heterocycles. The molecule has 1 rings (SSSR count). The van der Waals surface area contributed by atoms with Crippen LogP contribution in [0, 0.1) is 0 Å². The molecule has 0 spiro atoms. The second-order valence-corrected chi connectivity index (χ2v) is 4.49. The summed E-state index contributed by atoms with van der Waals surface area (Å²) in [6, 6.07) is 2.25. The van der Waals surface area contributed by atoms with E-state index in [0.717, 1.165) is 18.0 Å². The van der Waals surface area contributed by atoms with Crippen LogP contribution in [-0.2, 0) is 0 Å². The van der Waals surface area contributed by atoms with Crippen LogP contribution in [0.1, 0.15) is 20.3 Å². The van der Waals surface area contributed by atoms with Gasteiger partial charge in [0.15, 0.2) is 0 Å². The van der Waals surface area contributed by atoms with E-state index in [-0.39, 0.29) is 0 Å². The van der Waals surface area contributed by atoms with Crippen molar-refractivity contribution >= 4 is 17.6 Å². The number of rotatable bonds is 7. The van der Waals surface area contributed by atoms with Crippen LogP contribution in [0.3, 0.4) is 0 Å². The summed E-state index contributed by atoms with van der Waals surface area (Å²) < 4.78 is 5.31. The quantitative estimate of drug-likeness (QED) is 0.794. The van der Waals surface area contributed by atoms with Gasteiger partial charge in [0.05, 0.1) is 6.61 Å². The minimum absolute atomic E-state index is 0.414. The topological polar surface area (TPSA) is 47.0 Å². The lowest BCUT2D eigenvalue weighted by Crippen LogP contribution is -2.16. The summed E-state index contributed by atoms with van der Waals surface area (Å²) in [4.78, 5) is 8.18. The Hall–Kier alpha value is -0.970. The van der Waals surface area contributed by atoms with E-state index in [4.69, 9.17) is 4.74 Å². The van der Waals surface area contributed by atoms with Crippen molar-refractivity contribution in [1.29, 1.82) is 0 Å². The van der Waals surface area contributed by atoms with Crippen LogP contribution in [0.5, 0.6) is 5.88 Å². The van der Waals surface area contributed by atoms with Crippen LogP contribution < -0.4 is 10.1 Å². The fraction of sp³-hybridized carbons (Fsp3) is 0.636. The van der Waals surface area contributed by atoms with Gasteiger partial charge in [0, 0.05) is 12.1 Å². The number of aromatic nitrogens is 2. The monoisotopic (exact) mass is 241 g/mol. The third kappa shape index (κ3) is 4.70. The largest absolute Gasteiger partial charge is 0.478 e. The first-order valence-electron chi connectivity index (χ1n) is 5.46. The average Bonchev–Trinajstić information content (AvgIpc) is 2.27. The van der Waals surface area contributed by atoms with E-state index >= 15 is 0 Å². The highest BCUT2D eigenvalue weighted by Crippen LogP contribution is 2.13. The third-order valence-corrected chi connectivity index (χ3v) is 2.73. The molecule has 1 aromatic rings. The first kappa shape index (κ1) is 13.1. The summed E-state index contributed by atoms with van der Waals surface area (Å²) in [5.74, 6) is 2.60. The Labute approximate surface area is 101 Å². The van der Waals surface area contributed by atoms with E-state index in [9.17, 15) is 0 Å². The van der Waals surface area contributed by atoms with Crippen molar-refractivity contribution in [2.24, 2.45) is 0 Å². The van der Waals surface area contributed by atoms with Gasteiger partial charge in [0.2, 0.25) is 5.88 Å². The zero-order chi connectivity index (χ0) is 11.8. The van der Waals surface area contributed by atoms with Gasteiger partial charge in [-0.15, -0.1) is 0 Å². The van der Waals surface area contributed by atoms with Gasteiger partial charge in [0.1, 0.15) is 12.1 Å². The van der Waals surface area contributed by atoms with Crippen molar-refractivity contribution in [1.82, 2.24) is 9.97 Å². The van der Waals surface area contributed by atoms with Crippen LogP contribution in [-0.4, -0.2) is 34.6 Å². The Morgan fingerprint density at radius 2 is 2.31 bits per heavy atom.